The molecule has 0 unspecified atom stereocenters. The number of nitrogen functional groups attached to an aromatic ring is 1. The van der Waals surface area contributed by atoms with Gasteiger partial charge in [0.25, 0.3) is 0 Å². The van der Waals surface area contributed by atoms with E-state index in [0.29, 0.717) is 23.0 Å². The second kappa shape index (κ2) is 5.31. The Morgan fingerprint density at radius 2 is 2.29 bits per heavy atom. The molecule has 1 saturated carbocycles. The van der Waals surface area contributed by atoms with Crippen molar-refractivity contribution in [2.24, 2.45) is 0 Å². The van der Waals surface area contributed by atoms with Crippen LogP contribution in [-0.4, -0.2) is 54.1 Å². The Bertz CT molecular complexity index is 826. The van der Waals surface area contributed by atoms with Crippen LogP contribution < -0.4 is 11.1 Å². The molecule has 1 aliphatic heterocycles. The molecule has 0 spiro atoms. The van der Waals surface area contributed by atoms with Gasteiger partial charge in [0.05, 0.1) is 12.9 Å². The average molecular weight is 330 g/mol. The summed E-state index contributed by atoms with van der Waals surface area (Å²) in [6.45, 7) is -0.473. The SMILES string of the molecule is C#C[C@]1(CO)O[C@H](n2cnc3c(NC4CC4)nc(N)nc32)C[C@@H]1O. The van der Waals surface area contributed by atoms with Gasteiger partial charge in [0.1, 0.15) is 12.3 Å². The first kappa shape index (κ1) is 15.1. The molecule has 0 amide bonds. The summed E-state index contributed by atoms with van der Waals surface area (Å²) in [6, 6.07) is 0.390. The van der Waals surface area contributed by atoms with Gasteiger partial charge in [0.2, 0.25) is 5.95 Å². The van der Waals surface area contributed by atoms with Crippen molar-refractivity contribution in [3.8, 4) is 12.3 Å². The highest BCUT2D eigenvalue weighted by Gasteiger charge is 2.47. The standard InChI is InChI=1S/C15H18N6O3/c1-2-15(6-22)9(23)5-10(24-15)21-7-17-11-12(18-8-3-4-8)19-14(16)20-13(11)21/h1,7-10,22-23H,3-6H2,(H3,16,18,19,20)/t9-,10-,15+/m0/s1. The number of nitrogens with one attached hydrogen (secondary N) is 1. The lowest BCUT2D eigenvalue weighted by atomic mass is 9.99. The van der Waals surface area contributed by atoms with Crippen LogP contribution in [-0.2, 0) is 4.74 Å². The molecule has 0 aromatic carbocycles. The fraction of sp³-hybridized carbons (Fsp3) is 0.533. The minimum absolute atomic E-state index is 0.122. The Kier molecular flexibility index (Phi) is 3.35. The fourth-order valence-corrected chi connectivity index (χ4v) is 2.91. The maximum Gasteiger partial charge on any atom is 0.224 e. The molecule has 4 rings (SSSR count). The molecule has 2 aliphatic rings. The van der Waals surface area contributed by atoms with Crippen molar-refractivity contribution in [1.82, 2.24) is 19.5 Å². The van der Waals surface area contributed by atoms with Crippen LogP contribution in [0, 0.1) is 12.3 Å². The molecule has 1 saturated heterocycles. The molecule has 1 aliphatic carbocycles. The third-order valence-corrected chi connectivity index (χ3v) is 4.46. The number of fused-ring (bicyclic) bond motifs is 1. The maximum atomic E-state index is 10.2. The highest BCUT2D eigenvalue weighted by Crippen LogP contribution is 2.38. The van der Waals surface area contributed by atoms with Crippen LogP contribution in [0.25, 0.3) is 11.2 Å². The number of aliphatic hydroxyl groups is 2. The first-order valence-electron chi connectivity index (χ1n) is 7.77. The van der Waals surface area contributed by atoms with E-state index in [1.165, 1.54) is 0 Å². The van der Waals surface area contributed by atoms with Gasteiger partial charge >= 0.3 is 0 Å². The Labute approximate surface area is 137 Å². The van der Waals surface area contributed by atoms with Crippen LogP contribution in [0.15, 0.2) is 6.33 Å². The van der Waals surface area contributed by atoms with Crippen molar-refractivity contribution in [1.29, 1.82) is 0 Å². The molecule has 3 heterocycles. The van der Waals surface area contributed by atoms with Crippen molar-refractivity contribution < 1.29 is 14.9 Å². The lowest BCUT2D eigenvalue weighted by molar-refractivity contribution is -0.0891. The average Bonchev–Trinajstić information content (AvgIpc) is 3.17. The molecular formula is C15H18N6O3. The van der Waals surface area contributed by atoms with Crippen LogP contribution in [0.5, 0.6) is 0 Å². The molecule has 2 aromatic rings. The van der Waals surface area contributed by atoms with Gasteiger partial charge in [-0.05, 0) is 12.8 Å². The van der Waals surface area contributed by atoms with Gasteiger partial charge in [-0.15, -0.1) is 6.42 Å². The Morgan fingerprint density at radius 3 is 2.92 bits per heavy atom. The molecule has 5 N–H and O–H groups in total. The number of hydrogen-bond donors (Lipinski definition) is 4. The lowest BCUT2D eigenvalue weighted by Gasteiger charge is -2.23. The lowest BCUT2D eigenvalue weighted by Crippen LogP contribution is -2.41. The quantitative estimate of drug-likeness (QED) is 0.558. The molecular weight excluding hydrogens is 312 g/mol. The topological polar surface area (TPSA) is 131 Å². The molecule has 3 atom stereocenters. The number of anilines is 2. The first-order chi connectivity index (χ1) is 11.6. The number of aromatic nitrogens is 4. The largest absolute Gasteiger partial charge is 0.392 e. The number of nitrogens with two attached hydrogens (primary N) is 1. The summed E-state index contributed by atoms with van der Waals surface area (Å²) in [5.41, 5.74) is 5.47. The fourth-order valence-electron chi connectivity index (χ4n) is 2.91. The Balaban J connectivity index is 1.73. The van der Waals surface area contributed by atoms with E-state index in [2.05, 4.69) is 26.2 Å². The Hall–Kier alpha value is -2.41. The van der Waals surface area contributed by atoms with Crippen LogP contribution in [0.1, 0.15) is 25.5 Å². The summed E-state index contributed by atoms with van der Waals surface area (Å²) in [5.74, 6) is 3.06. The third kappa shape index (κ3) is 2.27. The van der Waals surface area contributed by atoms with Gasteiger partial charge in [0, 0.05) is 12.5 Å². The van der Waals surface area contributed by atoms with Gasteiger partial charge in [0.15, 0.2) is 22.6 Å². The van der Waals surface area contributed by atoms with E-state index in [4.69, 9.17) is 16.9 Å². The van der Waals surface area contributed by atoms with Gasteiger partial charge in [-0.1, -0.05) is 5.92 Å². The number of rotatable bonds is 4. The monoisotopic (exact) mass is 330 g/mol. The molecule has 0 radical (unpaired) electrons. The van der Waals surface area contributed by atoms with Gasteiger partial charge < -0.3 is 26.0 Å². The van der Waals surface area contributed by atoms with E-state index in [1.54, 1.807) is 10.9 Å². The predicted molar refractivity (Wildman–Crippen MR) is 85.8 cm³/mol. The second-order valence-corrected chi connectivity index (χ2v) is 6.19. The Morgan fingerprint density at radius 1 is 1.50 bits per heavy atom. The summed E-state index contributed by atoms with van der Waals surface area (Å²) in [6.07, 6.45) is 7.79. The van der Waals surface area contributed by atoms with E-state index in [1.807, 2.05) is 0 Å². The summed E-state index contributed by atoms with van der Waals surface area (Å²) < 4.78 is 7.41. The second-order valence-electron chi connectivity index (χ2n) is 6.19. The highest BCUT2D eigenvalue weighted by atomic mass is 16.6. The molecule has 126 valence electrons. The van der Waals surface area contributed by atoms with Crippen molar-refractivity contribution in [2.45, 2.75) is 43.2 Å². The molecule has 24 heavy (non-hydrogen) atoms. The number of hydrogen-bond acceptors (Lipinski definition) is 8. The molecule has 2 aromatic heterocycles. The summed E-state index contributed by atoms with van der Waals surface area (Å²) in [5, 5.41) is 23.0. The summed E-state index contributed by atoms with van der Waals surface area (Å²) in [7, 11) is 0. The van der Waals surface area contributed by atoms with E-state index in [0.717, 1.165) is 12.8 Å². The molecule has 2 fully saturated rings. The number of ether oxygens (including phenoxy) is 1. The van der Waals surface area contributed by atoms with Gasteiger partial charge in [-0.2, -0.15) is 9.97 Å². The first-order valence-corrected chi connectivity index (χ1v) is 7.77. The summed E-state index contributed by atoms with van der Waals surface area (Å²) >= 11 is 0. The van der Waals surface area contributed by atoms with E-state index < -0.39 is 24.5 Å². The predicted octanol–water partition coefficient (Wildman–Crippen LogP) is -0.373. The zero-order valence-corrected chi connectivity index (χ0v) is 12.9. The zero-order chi connectivity index (χ0) is 16.9. The molecule has 9 heteroatoms. The van der Waals surface area contributed by atoms with Crippen LogP contribution >= 0.6 is 0 Å². The highest BCUT2D eigenvalue weighted by molar-refractivity contribution is 5.84. The number of nitrogens with zero attached hydrogens (tertiary/aromatic N) is 4. The molecule has 0 bridgehead atoms. The van der Waals surface area contributed by atoms with Crippen molar-refractivity contribution >= 4 is 22.9 Å². The van der Waals surface area contributed by atoms with E-state index in [-0.39, 0.29) is 12.4 Å². The van der Waals surface area contributed by atoms with E-state index >= 15 is 0 Å². The minimum Gasteiger partial charge on any atom is -0.392 e. The summed E-state index contributed by atoms with van der Waals surface area (Å²) in [4.78, 5) is 12.8. The van der Waals surface area contributed by atoms with Crippen molar-refractivity contribution in [3.05, 3.63) is 6.33 Å². The number of terminal acetylenes is 1. The van der Waals surface area contributed by atoms with Crippen LogP contribution in [0.4, 0.5) is 11.8 Å². The van der Waals surface area contributed by atoms with Gasteiger partial charge in [-0.25, -0.2) is 4.98 Å². The normalized spacial score (nSPS) is 29.7. The van der Waals surface area contributed by atoms with Gasteiger partial charge in [-0.3, -0.25) is 4.57 Å². The number of imidazole rings is 1. The van der Waals surface area contributed by atoms with Crippen molar-refractivity contribution in [2.75, 3.05) is 17.7 Å². The van der Waals surface area contributed by atoms with E-state index in [9.17, 15) is 10.2 Å². The third-order valence-electron chi connectivity index (χ3n) is 4.46. The molecule has 9 nitrogen and oxygen atoms in total. The van der Waals surface area contributed by atoms with Crippen LogP contribution in [0.3, 0.4) is 0 Å². The number of aliphatic hydroxyl groups excluding tert-OH is 2. The zero-order valence-electron chi connectivity index (χ0n) is 12.9. The van der Waals surface area contributed by atoms with Crippen molar-refractivity contribution in [3.63, 3.8) is 0 Å². The minimum atomic E-state index is -1.42. The maximum absolute atomic E-state index is 10.2. The smallest absolute Gasteiger partial charge is 0.224 e. The van der Waals surface area contributed by atoms with Crippen LogP contribution in [0.2, 0.25) is 0 Å².